The van der Waals surface area contributed by atoms with Crippen LogP contribution in [0.15, 0.2) is 18.2 Å². The second-order valence-electron chi connectivity index (χ2n) is 5.87. The summed E-state index contributed by atoms with van der Waals surface area (Å²) in [5.41, 5.74) is 1.18. The minimum atomic E-state index is -0.473. The Morgan fingerprint density at radius 3 is 2.73 bits per heavy atom. The van der Waals surface area contributed by atoms with E-state index in [-0.39, 0.29) is 23.5 Å². The van der Waals surface area contributed by atoms with Crippen molar-refractivity contribution < 1.29 is 14.3 Å². The van der Waals surface area contributed by atoms with Crippen molar-refractivity contribution in [1.82, 2.24) is 0 Å². The summed E-state index contributed by atoms with van der Waals surface area (Å²) in [6, 6.07) is 5.18. The first-order chi connectivity index (χ1) is 10.5. The smallest absolute Gasteiger partial charge is 0.268 e. The predicted molar refractivity (Wildman–Crippen MR) is 88.0 cm³/mol. The minimum absolute atomic E-state index is 0.0357. The van der Waals surface area contributed by atoms with Crippen LogP contribution >= 0.6 is 11.6 Å². The van der Waals surface area contributed by atoms with Crippen LogP contribution in [0.4, 0.5) is 5.69 Å². The summed E-state index contributed by atoms with van der Waals surface area (Å²) in [5, 5.41) is 0. The molecule has 1 atom stereocenters. The lowest BCUT2D eigenvalue weighted by molar-refractivity contribution is -0.128. The number of rotatable bonds is 6. The van der Waals surface area contributed by atoms with Crippen LogP contribution in [0.1, 0.15) is 44.0 Å². The van der Waals surface area contributed by atoms with Gasteiger partial charge in [-0.2, -0.15) is 0 Å². The number of nitrogens with zero attached hydrogens (tertiary/aromatic N) is 1. The van der Waals surface area contributed by atoms with Crippen molar-refractivity contribution in [3.63, 3.8) is 0 Å². The summed E-state index contributed by atoms with van der Waals surface area (Å²) >= 11 is 5.62. The molecular formula is C17H22ClNO3. The molecule has 0 N–H and O–H groups in total. The fourth-order valence-electron chi connectivity index (χ4n) is 2.51. The molecule has 1 aromatic rings. The van der Waals surface area contributed by atoms with Crippen LogP contribution in [0, 0.1) is 5.92 Å². The summed E-state index contributed by atoms with van der Waals surface area (Å²) in [7, 11) is 0. The number of ketones is 1. The first-order valence-corrected chi connectivity index (χ1v) is 8.24. The van der Waals surface area contributed by atoms with Gasteiger partial charge in [-0.1, -0.05) is 27.2 Å². The molecule has 120 valence electrons. The zero-order valence-electron chi connectivity index (χ0n) is 13.3. The first kappa shape index (κ1) is 16.8. The number of carbonyl (C=O) groups is 2. The molecule has 1 aliphatic heterocycles. The summed E-state index contributed by atoms with van der Waals surface area (Å²) in [4.78, 5) is 26.2. The third-order valence-corrected chi connectivity index (χ3v) is 4.04. The minimum Gasteiger partial charge on any atom is -0.478 e. The lowest BCUT2D eigenvalue weighted by Crippen LogP contribution is -2.48. The van der Waals surface area contributed by atoms with E-state index in [1.54, 1.807) is 23.1 Å². The summed E-state index contributed by atoms with van der Waals surface area (Å²) in [6.45, 7) is 6.65. The van der Waals surface area contributed by atoms with Gasteiger partial charge < -0.3 is 9.64 Å². The van der Waals surface area contributed by atoms with Gasteiger partial charge in [-0.05, 0) is 30.5 Å². The number of ether oxygens (including phenoxy) is 1. The van der Waals surface area contributed by atoms with E-state index in [9.17, 15) is 9.59 Å². The second kappa shape index (κ2) is 7.14. The van der Waals surface area contributed by atoms with E-state index in [1.807, 2.05) is 13.8 Å². The normalized spacial score (nSPS) is 17.4. The molecule has 0 spiro atoms. The lowest BCUT2D eigenvalue weighted by Gasteiger charge is -2.36. The maximum Gasteiger partial charge on any atom is 0.268 e. The van der Waals surface area contributed by atoms with Gasteiger partial charge >= 0.3 is 0 Å². The number of carbonyl (C=O) groups excluding carboxylic acids is 2. The number of unbranched alkanes of at least 4 members (excludes halogenated alkanes) is 1. The number of Topliss-reactive ketones (excluding diaryl/α,β-unsaturated/α-hetero) is 1. The van der Waals surface area contributed by atoms with Gasteiger partial charge in [-0.25, -0.2) is 0 Å². The van der Waals surface area contributed by atoms with E-state index in [0.717, 1.165) is 12.8 Å². The van der Waals surface area contributed by atoms with Crippen molar-refractivity contribution >= 4 is 29.0 Å². The molecule has 0 radical (unpaired) electrons. The van der Waals surface area contributed by atoms with Crippen LogP contribution in [0.25, 0.3) is 0 Å². The van der Waals surface area contributed by atoms with E-state index in [2.05, 4.69) is 6.92 Å². The summed E-state index contributed by atoms with van der Waals surface area (Å²) < 4.78 is 5.85. The molecule has 1 amide bonds. The van der Waals surface area contributed by atoms with E-state index < -0.39 is 6.10 Å². The zero-order valence-corrected chi connectivity index (χ0v) is 14.0. The number of benzene rings is 1. The van der Waals surface area contributed by atoms with Gasteiger partial charge in [-0.3, -0.25) is 9.59 Å². The van der Waals surface area contributed by atoms with E-state index in [4.69, 9.17) is 16.3 Å². The van der Waals surface area contributed by atoms with Gasteiger partial charge in [0.25, 0.3) is 5.91 Å². The molecule has 1 aromatic carbocycles. The number of hydrogen-bond donors (Lipinski definition) is 0. The molecule has 0 aromatic heterocycles. The van der Waals surface area contributed by atoms with E-state index in [0.29, 0.717) is 23.5 Å². The fourth-order valence-corrected chi connectivity index (χ4v) is 2.66. The van der Waals surface area contributed by atoms with Crippen molar-refractivity contribution in [2.45, 2.75) is 39.7 Å². The van der Waals surface area contributed by atoms with Gasteiger partial charge in [0.05, 0.1) is 11.6 Å². The highest BCUT2D eigenvalue weighted by atomic mass is 35.5. The first-order valence-electron chi connectivity index (χ1n) is 7.70. The Bertz CT molecular complexity index is 571. The standard InChI is InChI=1S/C17H22ClNO3/c1-4-5-8-19-13-9-12(14(20)10-18)6-7-15(13)22-16(11(2)3)17(19)21/h6-7,9,11,16H,4-5,8,10H2,1-3H3. The van der Waals surface area contributed by atoms with E-state index in [1.165, 1.54) is 0 Å². The van der Waals surface area contributed by atoms with Gasteiger partial charge in [-0.15, -0.1) is 11.6 Å². The highest BCUT2D eigenvalue weighted by Gasteiger charge is 2.36. The van der Waals surface area contributed by atoms with Gasteiger partial charge in [0.15, 0.2) is 11.9 Å². The molecule has 1 unspecified atom stereocenters. The van der Waals surface area contributed by atoms with Crippen molar-refractivity contribution in [3.05, 3.63) is 23.8 Å². The van der Waals surface area contributed by atoms with Crippen LogP contribution < -0.4 is 9.64 Å². The molecule has 0 bridgehead atoms. The molecule has 1 aliphatic rings. The molecular weight excluding hydrogens is 302 g/mol. The van der Waals surface area contributed by atoms with Crippen LogP contribution in [-0.2, 0) is 4.79 Å². The Kier molecular flexibility index (Phi) is 5.46. The Labute approximate surface area is 136 Å². The zero-order chi connectivity index (χ0) is 16.3. The molecule has 0 saturated carbocycles. The van der Waals surface area contributed by atoms with Crippen molar-refractivity contribution in [2.75, 3.05) is 17.3 Å². The van der Waals surface area contributed by atoms with Gasteiger partial charge in [0.1, 0.15) is 5.75 Å². The number of fused-ring (bicyclic) bond motifs is 1. The Balaban J connectivity index is 2.43. The number of anilines is 1. The molecule has 5 heteroatoms. The Morgan fingerprint density at radius 2 is 2.14 bits per heavy atom. The SMILES string of the molecule is CCCCN1C(=O)C(C(C)C)Oc2ccc(C(=O)CCl)cc21. The fraction of sp³-hybridized carbons (Fsp3) is 0.529. The molecule has 0 fully saturated rings. The second-order valence-corrected chi connectivity index (χ2v) is 6.13. The molecule has 4 nitrogen and oxygen atoms in total. The lowest BCUT2D eigenvalue weighted by atomic mass is 10.0. The van der Waals surface area contributed by atoms with Gasteiger partial charge in [0.2, 0.25) is 0 Å². The van der Waals surface area contributed by atoms with Crippen molar-refractivity contribution in [2.24, 2.45) is 5.92 Å². The quantitative estimate of drug-likeness (QED) is 0.593. The molecule has 2 rings (SSSR count). The third kappa shape index (κ3) is 3.27. The van der Waals surface area contributed by atoms with Crippen molar-refractivity contribution in [3.8, 4) is 5.75 Å². The topological polar surface area (TPSA) is 46.6 Å². The molecule has 22 heavy (non-hydrogen) atoms. The largest absolute Gasteiger partial charge is 0.478 e. The van der Waals surface area contributed by atoms with E-state index >= 15 is 0 Å². The maximum absolute atomic E-state index is 12.7. The maximum atomic E-state index is 12.7. The number of amides is 1. The average molecular weight is 324 g/mol. The average Bonchev–Trinajstić information content (AvgIpc) is 2.52. The number of alkyl halides is 1. The summed E-state index contributed by atoms with van der Waals surface area (Å²) in [5.74, 6) is 0.483. The van der Waals surface area contributed by atoms with Crippen LogP contribution in [0.5, 0.6) is 5.75 Å². The highest BCUT2D eigenvalue weighted by Crippen LogP contribution is 2.36. The number of halogens is 1. The van der Waals surface area contributed by atoms with Gasteiger partial charge in [0, 0.05) is 12.1 Å². The third-order valence-electron chi connectivity index (χ3n) is 3.80. The van der Waals surface area contributed by atoms with Crippen LogP contribution in [0.2, 0.25) is 0 Å². The highest BCUT2D eigenvalue weighted by molar-refractivity contribution is 6.30. The molecule has 0 aliphatic carbocycles. The van der Waals surface area contributed by atoms with Crippen LogP contribution in [0.3, 0.4) is 0 Å². The molecule has 1 heterocycles. The van der Waals surface area contributed by atoms with Crippen LogP contribution in [-0.4, -0.2) is 30.2 Å². The number of hydrogen-bond acceptors (Lipinski definition) is 3. The van der Waals surface area contributed by atoms with Crippen molar-refractivity contribution in [1.29, 1.82) is 0 Å². The summed E-state index contributed by atoms with van der Waals surface area (Å²) in [6.07, 6.45) is 1.43. The monoisotopic (exact) mass is 323 g/mol. The Hall–Kier alpha value is -1.55. The Morgan fingerprint density at radius 1 is 1.41 bits per heavy atom. The molecule has 0 saturated heterocycles. The predicted octanol–water partition coefficient (Wildman–Crippen LogP) is 3.66.